The molecule has 4 aliphatic rings. The minimum absolute atomic E-state index is 0.354. The number of rotatable bonds is 3. The van der Waals surface area contributed by atoms with Gasteiger partial charge in [0, 0.05) is 44.5 Å². The molecule has 0 saturated carbocycles. The first kappa shape index (κ1) is 48.5. The van der Waals surface area contributed by atoms with Crippen molar-refractivity contribution in [2.45, 2.75) is 156 Å². The van der Waals surface area contributed by atoms with Gasteiger partial charge in [0.2, 0.25) is 0 Å². The fourth-order valence-electron chi connectivity index (χ4n) is 7.86. The maximum Gasteiger partial charge on any atom is 0.496 e. The van der Waals surface area contributed by atoms with E-state index in [0.29, 0.717) is 0 Å². The minimum Gasteiger partial charge on any atom is -0.405 e. The quantitative estimate of drug-likeness (QED) is 0.162. The van der Waals surface area contributed by atoms with Crippen molar-refractivity contribution in [3.63, 3.8) is 0 Å². The van der Waals surface area contributed by atoms with Crippen LogP contribution >= 0.6 is 50.2 Å². The maximum absolute atomic E-state index is 6.35. The van der Waals surface area contributed by atoms with Gasteiger partial charge in [0.25, 0.3) is 0 Å². The SMILES string of the molecule is CC1(C)OB(B2OC(C)(C)C(C)(C)O2)OC1(C)C.CC1(C)OB(c2ccc3sc4c(B5OC(C)(C)C(C)(C)O5)cccc4c3c2)OC1(C)C.Clc1ccc2sc3c(Br)cccc3c2c1. The van der Waals surface area contributed by atoms with Gasteiger partial charge < -0.3 is 37.2 Å². The summed E-state index contributed by atoms with van der Waals surface area (Å²) in [5, 5.41) is 5.73. The van der Waals surface area contributed by atoms with E-state index in [1.165, 1.54) is 40.3 Å². The zero-order chi connectivity index (χ0) is 46.8. The molecule has 0 bridgehead atoms. The molecule has 16 heteroatoms. The van der Waals surface area contributed by atoms with Crippen LogP contribution in [0.3, 0.4) is 0 Å². The molecule has 64 heavy (non-hydrogen) atoms. The molecular weight excluding hydrogens is 927 g/mol. The number of hydrogen-bond donors (Lipinski definition) is 0. The average Bonchev–Trinajstić information content (AvgIpc) is 3.95. The zero-order valence-electron chi connectivity index (χ0n) is 40.1. The Morgan fingerprint density at radius 2 is 0.812 bits per heavy atom. The van der Waals surface area contributed by atoms with Gasteiger partial charge in [-0.05, 0) is 173 Å². The molecule has 338 valence electrons. The third kappa shape index (κ3) is 8.59. The first-order chi connectivity index (χ1) is 29.4. The van der Waals surface area contributed by atoms with Crippen molar-refractivity contribution in [2.24, 2.45) is 0 Å². The Morgan fingerprint density at radius 3 is 1.31 bits per heavy atom. The van der Waals surface area contributed by atoms with Crippen molar-refractivity contribution in [1.29, 1.82) is 0 Å². The summed E-state index contributed by atoms with van der Waals surface area (Å²) < 4.78 is 55.3. The number of hydrogen-bond acceptors (Lipinski definition) is 10. The first-order valence-electron chi connectivity index (χ1n) is 22.1. The Hall–Kier alpha value is -1.97. The van der Waals surface area contributed by atoms with Crippen LogP contribution in [0.15, 0.2) is 77.3 Å². The van der Waals surface area contributed by atoms with Crippen LogP contribution in [0.5, 0.6) is 0 Å². The lowest BCUT2D eigenvalue weighted by atomic mass is 9.49. The lowest BCUT2D eigenvalue weighted by Crippen LogP contribution is -2.41. The highest BCUT2D eigenvalue weighted by Gasteiger charge is 2.64. The molecular formula is C48H60B4BrClO8S2. The highest BCUT2D eigenvalue weighted by Crippen LogP contribution is 2.44. The molecule has 0 amide bonds. The molecule has 2 aromatic heterocycles. The number of benzene rings is 4. The molecule has 0 spiro atoms. The van der Waals surface area contributed by atoms with Gasteiger partial charge in [-0.1, -0.05) is 54.1 Å². The van der Waals surface area contributed by atoms with Crippen molar-refractivity contribution in [3.8, 4) is 0 Å². The highest BCUT2D eigenvalue weighted by atomic mass is 79.9. The zero-order valence-corrected chi connectivity index (χ0v) is 44.1. The van der Waals surface area contributed by atoms with Crippen molar-refractivity contribution < 1.29 is 37.2 Å². The van der Waals surface area contributed by atoms with Gasteiger partial charge in [-0.25, -0.2) is 0 Å². The molecule has 0 N–H and O–H groups in total. The molecule has 4 aromatic carbocycles. The van der Waals surface area contributed by atoms with Crippen molar-refractivity contribution in [3.05, 3.63) is 82.3 Å². The summed E-state index contributed by atoms with van der Waals surface area (Å²) in [6.07, 6.45) is 0. The Labute approximate surface area is 402 Å². The topological polar surface area (TPSA) is 73.8 Å². The van der Waals surface area contributed by atoms with E-state index < -0.39 is 14.0 Å². The monoisotopic (exact) mass is 986 g/mol. The van der Waals surface area contributed by atoms with E-state index in [9.17, 15) is 0 Å². The van der Waals surface area contributed by atoms with Gasteiger partial charge in [-0.15, -0.1) is 22.7 Å². The van der Waals surface area contributed by atoms with Gasteiger partial charge in [0.15, 0.2) is 0 Å². The van der Waals surface area contributed by atoms with E-state index in [2.05, 4.69) is 132 Å². The third-order valence-electron chi connectivity index (χ3n) is 14.8. The summed E-state index contributed by atoms with van der Waals surface area (Å²) >= 11 is 13.2. The average molecular weight is 988 g/mol. The molecule has 6 heterocycles. The molecule has 4 aliphatic heterocycles. The highest BCUT2D eigenvalue weighted by molar-refractivity contribution is 9.10. The standard InChI is InChI=1S/C24H30B2O4S.C12H24B2O4.C12H6BrClS/c1-21(2)22(3,4)28-25(27-21)15-12-13-19-17(14-15)16-10-9-11-18(20(16)31-19)26-29-23(5,6)24(7,8)30-26;1-9(2)10(3,4)16-13(15-9)14-17-11(5,6)12(7,8)18-14;13-10-3-1-2-8-9-6-7(14)4-5-11(9)15-12(8)10/h9-14H,1-8H3;1-8H3;1-6H. The van der Waals surface area contributed by atoms with Crippen molar-refractivity contribution in [2.75, 3.05) is 0 Å². The summed E-state index contributed by atoms with van der Waals surface area (Å²) in [6, 6.07) is 25.2. The van der Waals surface area contributed by atoms with E-state index in [0.717, 1.165) is 20.4 Å². The lowest BCUT2D eigenvalue weighted by molar-refractivity contribution is 0.00578. The van der Waals surface area contributed by atoms with Gasteiger partial charge in [0.05, 0.1) is 44.8 Å². The lowest BCUT2D eigenvalue weighted by Gasteiger charge is -2.32. The summed E-state index contributed by atoms with van der Waals surface area (Å²) in [7, 11) is -1.69. The molecule has 0 unspecified atom stereocenters. The Kier molecular flexibility index (Phi) is 12.4. The van der Waals surface area contributed by atoms with Crippen LogP contribution in [0.4, 0.5) is 0 Å². The molecule has 10 rings (SSSR count). The predicted octanol–water partition coefficient (Wildman–Crippen LogP) is 12.4. The minimum atomic E-state index is -0.476. The molecule has 8 nitrogen and oxygen atoms in total. The second kappa shape index (κ2) is 16.3. The fraction of sp³-hybridized carbons (Fsp3) is 0.500. The van der Waals surface area contributed by atoms with Crippen LogP contribution in [0.2, 0.25) is 5.02 Å². The molecule has 0 aliphatic carbocycles. The number of fused-ring (bicyclic) bond motifs is 6. The van der Waals surface area contributed by atoms with Crippen LogP contribution < -0.4 is 10.9 Å². The van der Waals surface area contributed by atoms with Gasteiger partial charge >= 0.3 is 28.3 Å². The fourth-order valence-corrected chi connectivity index (χ4v) is 10.9. The second-order valence-electron chi connectivity index (χ2n) is 21.4. The van der Waals surface area contributed by atoms with Crippen molar-refractivity contribution in [1.82, 2.24) is 0 Å². The van der Waals surface area contributed by atoms with Crippen LogP contribution in [-0.2, 0) is 37.2 Å². The largest absolute Gasteiger partial charge is 0.496 e. The molecule has 4 fully saturated rings. The Balaban J connectivity index is 0.000000144. The van der Waals surface area contributed by atoms with E-state index in [-0.39, 0.29) is 59.0 Å². The Morgan fingerprint density at radius 1 is 0.422 bits per heavy atom. The predicted molar refractivity (Wildman–Crippen MR) is 275 cm³/mol. The summed E-state index contributed by atoms with van der Waals surface area (Å²) in [4.78, 5) is 0. The van der Waals surface area contributed by atoms with E-state index in [4.69, 9.17) is 48.8 Å². The van der Waals surface area contributed by atoms with Crippen LogP contribution in [0.1, 0.15) is 111 Å². The molecule has 0 atom stereocenters. The van der Waals surface area contributed by atoms with E-state index >= 15 is 0 Å². The van der Waals surface area contributed by atoms with Crippen LogP contribution in [0.25, 0.3) is 40.3 Å². The number of thiophene rings is 2. The number of halogens is 2. The summed E-state index contributed by atoms with van der Waals surface area (Å²) in [5.74, 6) is 0. The van der Waals surface area contributed by atoms with Gasteiger partial charge in [-0.2, -0.15) is 0 Å². The smallest absolute Gasteiger partial charge is 0.405 e. The van der Waals surface area contributed by atoms with E-state index in [1.807, 2.05) is 67.5 Å². The van der Waals surface area contributed by atoms with Crippen LogP contribution in [0, 0.1) is 0 Å². The first-order valence-corrected chi connectivity index (χ1v) is 24.9. The second-order valence-corrected chi connectivity index (χ2v) is 24.8. The van der Waals surface area contributed by atoms with Gasteiger partial charge in [-0.3, -0.25) is 0 Å². The maximum atomic E-state index is 6.35. The van der Waals surface area contributed by atoms with Gasteiger partial charge in [0.1, 0.15) is 0 Å². The molecule has 4 saturated heterocycles. The summed E-state index contributed by atoms with van der Waals surface area (Å²) in [5.41, 5.74) is -0.728. The van der Waals surface area contributed by atoms with Crippen LogP contribution in [-0.4, -0.2) is 73.1 Å². The van der Waals surface area contributed by atoms with E-state index in [1.54, 1.807) is 22.7 Å². The van der Waals surface area contributed by atoms with Crippen molar-refractivity contribution >= 4 is 130 Å². The molecule has 6 aromatic rings. The normalized spacial score (nSPS) is 23.2. The molecule has 0 radical (unpaired) electrons. The third-order valence-corrected chi connectivity index (χ3v) is 18.4. The Bertz CT molecular complexity index is 2650. The summed E-state index contributed by atoms with van der Waals surface area (Å²) in [6.45, 7) is 32.9.